The van der Waals surface area contributed by atoms with Gasteiger partial charge in [-0.15, -0.1) is 0 Å². The largest absolute Gasteiger partial charge is 0.187 e. The summed E-state index contributed by atoms with van der Waals surface area (Å²) in [6, 6.07) is 0. The van der Waals surface area contributed by atoms with E-state index in [4.69, 9.17) is 0 Å². The van der Waals surface area contributed by atoms with Crippen molar-refractivity contribution in [1.29, 1.82) is 0 Å². The van der Waals surface area contributed by atoms with Crippen LogP contribution in [-0.2, 0) is 69.6 Å². The third-order valence-electron chi connectivity index (χ3n) is 0. The van der Waals surface area contributed by atoms with Crippen LogP contribution in [0.5, 0.6) is 0 Å². The minimum Gasteiger partial charge on any atom is 0 e. The van der Waals surface area contributed by atoms with Crippen LogP contribution in [-0.4, -0.2) is 17.4 Å². The molecule has 0 aliphatic heterocycles. The van der Waals surface area contributed by atoms with Crippen LogP contribution >= 0.6 is 0 Å². The summed E-state index contributed by atoms with van der Waals surface area (Å²) in [7, 11) is 0. The van der Waals surface area contributed by atoms with Crippen LogP contribution < -0.4 is 0 Å². The predicted octanol–water partition coefficient (Wildman–Crippen LogP) is -1.19. The summed E-state index contributed by atoms with van der Waals surface area (Å²) in [5, 5.41) is 0. The van der Waals surface area contributed by atoms with Crippen LogP contribution in [0.2, 0.25) is 0 Å². The Kier molecular flexibility index (Phi) is 122. The first kappa shape index (κ1) is 28.9. The summed E-state index contributed by atoms with van der Waals surface area (Å²) < 4.78 is 0. The van der Waals surface area contributed by atoms with Gasteiger partial charge in [0, 0.05) is 69.6 Å². The molecular formula is H3AlMoNbZr. The molecule has 0 atom stereocenters. The maximum atomic E-state index is 0. The molecule has 0 aliphatic carbocycles. The van der Waals surface area contributed by atoms with E-state index in [1.54, 1.807) is 0 Å². The van der Waals surface area contributed by atoms with Gasteiger partial charge in [-0.2, -0.15) is 0 Å². The van der Waals surface area contributed by atoms with Gasteiger partial charge in [0.1, 0.15) is 0 Å². The quantitative estimate of drug-likeness (QED) is 0.494. The van der Waals surface area contributed by atoms with Gasteiger partial charge >= 0.3 is 0 Å². The second-order valence-electron chi connectivity index (χ2n) is 0. The van der Waals surface area contributed by atoms with E-state index in [-0.39, 0.29) is 87.0 Å². The summed E-state index contributed by atoms with van der Waals surface area (Å²) in [5.74, 6) is 0. The van der Waals surface area contributed by atoms with Crippen molar-refractivity contribution >= 4 is 17.4 Å². The molecule has 0 bridgehead atoms. The standard InChI is InChI=1S/Al.Mo.Nb.Zr.3H. The molecule has 0 rings (SSSR count). The number of rotatable bonds is 0. The van der Waals surface area contributed by atoms with Gasteiger partial charge in [-0.05, 0) is 0 Å². The molecule has 0 spiro atoms. The molecule has 0 heterocycles. The molecule has 0 unspecified atom stereocenters. The fraction of sp³-hybridized carbons (Fsp3) is 0. The summed E-state index contributed by atoms with van der Waals surface area (Å²) in [6.45, 7) is 0. The molecule has 0 amide bonds. The minimum atomic E-state index is 0. The van der Waals surface area contributed by atoms with Crippen LogP contribution in [0.3, 0.4) is 0 Å². The molecule has 0 aromatic rings. The normalized spacial score (nSPS) is 0. The van der Waals surface area contributed by atoms with Gasteiger partial charge in [0.25, 0.3) is 0 Å². The average molecular weight is 310 g/mol. The van der Waals surface area contributed by atoms with Crippen LogP contribution in [0.15, 0.2) is 0 Å². The molecule has 21 valence electrons. The van der Waals surface area contributed by atoms with Gasteiger partial charge in [-0.3, -0.25) is 0 Å². The third-order valence-corrected chi connectivity index (χ3v) is 0. The molecule has 0 aliphatic rings. The second-order valence-corrected chi connectivity index (χ2v) is 0. The topological polar surface area (TPSA) is 0 Å². The summed E-state index contributed by atoms with van der Waals surface area (Å²) in [6.07, 6.45) is 0. The molecule has 0 saturated heterocycles. The van der Waals surface area contributed by atoms with E-state index >= 15 is 0 Å². The average Bonchev–Trinajstić information content (AvgIpc) is 0. The van der Waals surface area contributed by atoms with E-state index in [1.165, 1.54) is 0 Å². The van der Waals surface area contributed by atoms with Crippen LogP contribution in [0.1, 0.15) is 0 Å². The molecule has 1 radical (unpaired) electrons. The Bertz CT molecular complexity index is 8.00. The summed E-state index contributed by atoms with van der Waals surface area (Å²) in [4.78, 5) is 0. The monoisotopic (exact) mass is 311 g/mol. The van der Waals surface area contributed by atoms with E-state index < -0.39 is 0 Å². The Morgan fingerprint density at radius 2 is 1.00 bits per heavy atom. The van der Waals surface area contributed by atoms with Crippen molar-refractivity contribution in [3.05, 3.63) is 0 Å². The van der Waals surface area contributed by atoms with Gasteiger partial charge in [-0.1, -0.05) is 0 Å². The Balaban J connectivity index is 0. The zero-order valence-corrected chi connectivity index (χ0v) is 8.02. The van der Waals surface area contributed by atoms with Gasteiger partial charge in [0.2, 0.25) is 0 Å². The predicted molar refractivity (Wildman–Crippen MR) is 9.94 cm³/mol. The summed E-state index contributed by atoms with van der Waals surface area (Å²) in [5.41, 5.74) is 0. The third kappa shape index (κ3) is 8.85. The number of hydrogen-bond acceptors (Lipinski definition) is 0. The van der Waals surface area contributed by atoms with Crippen LogP contribution in [0.4, 0.5) is 0 Å². The Hall–Kier alpha value is 2.84. The van der Waals surface area contributed by atoms with E-state index in [1.807, 2.05) is 0 Å². The molecule has 0 fully saturated rings. The maximum Gasteiger partial charge on any atom is 0.187 e. The zero-order chi connectivity index (χ0) is 0. The van der Waals surface area contributed by atoms with E-state index in [0.29, 0.717) is 0 Å². The molecule has 0 nitrogen and oxygen atoms in total. The Morgan fingerprint density at radius 3 is 1.00 bits per heavy atom. The molecule has 0 aromatic heterocycles. The van der Waals surface area contributed by atoms with E-state index in [9.17, 15) is 0 Å². The fourth-order valence-corrected chi connectivity index (χ4v) is 0. The van der Waals surface area contributed by atoms with Crippen LogP contribution in [0.25, 0.3) is 0 Å². The van der Waals surface area contributed by atoms with Crippen LogP contribution in [0, 0.1) is 0 Å². The summed E-state index contributed by atoms with van der Waals surface area (Å²) >= 11 is 0. The van der Waals surface area contributed by atoms with Gasteiger partial charge in [0.15, 0.2) is 17.4 Å². The van der Waals surface area contributed by atoms with Crippen molar-refractivity contribution in [3.63, 3.8) is 0 Å². The first-order valence-electron chi connectivity index (χ1n) is 0. The van der Waals surface area contributed by atoms with E-state index in [2.05, 4.69) is 0 Å². The molecule has 0 aromatic carbocycles. The van der Waals surface area contributed by atoms with Crippen molar-refractivity contribution in [3.8, 4) is 0 Å². The molecule has 0 saturated carbocycles. The van der Waals surface area contributed by atoms with Gasteiger partial charge in [-0.25, -0.2) is 0 Å². The maximum absolute atomic E-state index is 0. The number of hydrogen-bond donors (Lipinski definition) is 0. The van der Waals surface area contributed by atoms with Crippen molar-refractivity contribution in [2.45, 2.75) is 0 Å². The molecule has 0 N–H and O–H groups in total. The van der Waals surface area contributed by atoms with E-state index in [0.717, 1.165) is 0 Å². The van der Waals surface area contributed by atoms with Crippen molar-refractivity contribution in [2.75, 3.05) is 0 Å². The fourth-order valence-electron chi connectivity index (χ4n) is 0. The first-order chi connectivity index (χ1) is 0. The Labute approximate surface area is 85.5 Å². The molecule has 4 heteroatoms. The second kappa shape index (κ2) is 17.0. The molecular weight excluding hydrogens is 307 g/mol. The smallest absolute Gasteiger partial charge is 0 e. The van der Waals surface area contributed by atoms with Crippen molar-refractivity contribution in [2.24, 2.45) is 0 Å². The molecule has 4 heavy (non-hydrogen) atoms. The van der Waals surface area contributed by atoms with Crippen molar-refractivity contribution in [1.82, 2.24) is 0 Å². The van der Waals surface area contributed by atoms with Gasteiger partial charge in [0.05, 0.1) is 0 Å². The first-order valence-corrected chi connectivity index (χ1v) is 0. The Morgan fingerprint density at radius 1 is 1.00 bits per heavy atom. The SMILES string of the molecule is [AlH3].[Mo].[Nb].[Zr]. The zero-order valence-electron chi connectivity index (χ0n) is 1.36. The minimum absolute atomic E-state index is 0. The van der Waals surface area contributed by atoms with Crippen molar-refractivity contribution < 1.29 is 69.6 Å². The van der Waals surface area contributed by atoms with Gasteiger partial charge < -0.3 is 0 Å².